The van der Waals surface area contributed by atoms with Crippen LogP contribution < -0.4 is 0 Å². The summed E-state index contributed by atoms with van der Waals surface area (Å²) in [5.41, 5.74) is 1.83. The van der Waals surface area contributed by atoms with Crippen molar-refractivity contribution < 1.29 is 22.5 Å². The van der Waals surface area contributed by atoms with Gasteiger partial charge in [0.2, 0.25) is 0 Å². The third kappa shape index (κ3) is 2.07. The predicted molar refractivity (Wildman–Crippen MR) is 70.1 cm³/mol. The lowest BCUT2D eigenvalue weighted by molar-refractivity contribution is 0.115. The lowest BCUT2D eigenvalue weighted by Crippen LogP contribution is -2.60. The van der Waals surface area contributed by atoms with Gasteiger partial charge in [0, 0.05) is 18.2 Å². The Morgan fingerprint density at radius 3 is 2.55 bits per heavy atom. The summed E-state index contributed by atoms with van der Waals surface area (Å²) < 4.78 is 38.5. The molecule has 20 heavy (non-hydrogen) atoms. The second-order valence-electron chi connectivity index (χ2n) is 5.53. The molecule has 3 aliphatic rings. The van der Waals surface area contributed by atoms with E-state index in [0.717, 1.165) is 34.8 Å². The molecule has 0 spiro atoms. The SMILES string of the molecule is CC1C(=C2CCC2)N(S(=O)(=O)O)C1CN1CCOC1=O. The van der Waals surface area contributed by atoms with Gasteiger partial charge in [-0.3, -0.25) is 4.55 Å². The van der Waals surface area contributed by atoms with Crippen LogP contribution in [-0.2, 0) is 15.0 Å². The zero-order valence-electron chi connectivity index (χ0n) is 11.3. The third-order valence-corrected chi connectivity index (χ3v) is 5.33. The zero-order valence-corrected chi connectivity index (χ0v) is 12.1. The van der Waals surface area contributed by atoms with E-state index in [1.807, 2.05) is 6.92 Å². The van der Waals surface area contributed by atoms with Crippen molar-refractivity contribution in [3.05, 3.63) is 11.3 Å². The van der Waals surface area contributed by atoms with Gasteiger partial charge in [0.15, 0.2) is 0 Å². The smallest absolute Gasteiger partial charge is 0.410 e. The van der Waals surface area contributed by atoms with E-state index in [2.05, 4.69) is 0 Å². The number of nitrogens with zero attached hydrogens (tertiary/aromatic N) is 2. The van der Waals surface area contributed by atoms with Crippen molar-refractivity contribution in [2.45, 2.75) is 32.2 Å². The molecule has 2 aliphatic heterocycles. The number of cyclic esters (lactones) is 1. The number of carbonyl (C=O) groups excluding carboxylic acids is 1. The number of amides is 1. The van der Waals surface area contributed by atoms with E-state index in [1.54, 1.807) is 0 Å². The van der Waals surface area contributed by atoms with Gasteiger partial charge in [0.05, 0.1) is 12.6 Å². The summed E-state index contributed by atoms with van der Waals surface area (Å²) in [6.45, 7) is 3.00. The minimum absolute atomic E-state index is 0.0284. The van der Waals surface area contributed by atoms with E-state index >= 15 is 0 Å². The Morgan fingerprint density at radius 1 is 1.40 bits per heavy atom. The van der Waals surface area contributed by atoms with Gasteiger partial charge in [0.1, 0.15) is 6.61 Å². The molecule has 0 radical (unpaired) electrons. The van der Waals surface area contributed by atoms with Crippen LogP contribution in [0.25, 0.3) is 0 Å². The third-order valence-electron chi connectivity index (χ3n) is 4.37. The molecule has 2 unspecified atom stereocenters. The molecule has 1 saturated carbocycles. The molecule has 1 amide bonds. The fraction of sp³-hybridized carbons (Fsp3) is 0.750. The van der Waals surface area contributed by atoms with Gasteiger partial charge in [-0.15, -0.1) is 0 Å². The van der Waals surface area contributed by atoms with Gasteiger partial charge in [-0.2, -0.15) is 8.42 Å². The first-order chi connectivity index (χ1) is 9.39. The first kappa shape index (κ1) is 13.7. The first-order valence-electron chi connectivity index (χ1n) is 6.80. The lowest BCUT2D eigenvalue weighted by atomic mass is 9.79. The molecule has 8 heteroatoms. The number of hydrogen-bond donors (Lipinski definition) is 1. The topological polar surface area (TPSA) is 87.2 Å². The molecule has 2 saturated heterocycles. The highest BCUT2D eigenvalue weighted by atomic mass is 32.2. The maximum Gasteiger partial charge on any atom is 0.410 e. The van der Waals surface area contributed by atoms with E-state index in [-0.39, 0.29) is 12.5 Å². The number of hydrogen-bond acceptors (Lipinski definition) is 4. The highest BCUT2D eigenvalue weighted by Gasteiger charge is 2.50. The fourth-order valence-electron chi connectivity index (χ4n) is 3.12. The van der Waals surface area contributed by atoms with Crippen LogP contribution in [0.1, 0.15) is 26.2 Å². The Balaban J connectivity index is 1.82. The van der Waals surface area contributed by atoms with E-state index in [4.69, 9.17) is 4.74 Å². The van der Waals surface area contributed by atoms with Gasteiger partial charge in [-0.05, 0) is 24.8 Å². The summed E-state index contributed by atoms with van der Waals surface area (Å²) >= 11 is 0. The average Bonchev–Trinajstić information content (AvgIpc) is 2.68. The molecule has 0 aromatic rings. The molecule has 112 valence electrons. The Bertz CT molecular complexity index is 564. The van der Waals surface area contributed by atoms with Crippen molar-refractivity contribution in [3.8, 4) is 0 Å². The Hall–Kier alpha value is -1.28. The summed E-state index contributed by atoms with van der Waals surface area (Å²) in [4.78, 5) is 12.9. The maximum absolute atomic E-state index is 11.6. The molecule has 3 fully saturated rings. The van der Waals surface area contributed by atoms with Gasteiger partial charge < -0.3 is 9.64 Å². The first-order valence-corrected chi connectivity index (χ1v) is 8.19. The van der Waals surface area contributed by atoms with Gasteiger partial charge in [-0.1, -0.05) is 6.92 Å². The molecule has 7 nitrogen and oxygen atoms in total. The van der Waals surface area contributed by atoms with Gasteiger partial charge in [-0.25, -0.2) is 9.10 Å². The largest absolute Gasteiger partial charge is 0.448 e. The number of allylic oxidation sites excluding steroid dienone is 1. The highest BCUT2D eigenvalue weighted by molar-refractivity contribution is 7.83. The van der Waals surface area contributed by atoms with Crippen molar-refractivity contribution in [1.82, 2.24) is 9.21 Å². The number of ether oxygens (including phenoxy) is 1. The van der Waals surface area contributed by atoms with E-state index in [0.29, 0.717) is 13.2 Å². The summed E-state index contributed by atoms with van der Waals surface area (Å²) in [6.07, 6.45) is 2.43. The Kier molecular flexibility index (Phi) is 3.17. The van der Waals surface area contributed by atoms with Crippen molar-refractivity contribution in [2.75, 3.05) is 19.7 Å². The number of carbonyl (C=O) groups is 1. The van der Waals surface area contributed by atoms with Crippen molar-refractivity contribution in [2.24, 2.45) is 5.92 Å². The molecule has 2 atom stereocenters. The zero-order chi connectivity index (χ0) is 14.5. The van der Waals surface area contributed by atoms with Crippen molar-refractivity contribution >= 4 is 16.4 Å². The summed E-state index contributed by atoms with van der Waals surface area (Å²) in [6, 6.07) is -0.404. The normalized spacial score (nSPS) is 30.2. The Labute approximate surface area is 118 Å². The van der Waals surface area contributed by atoms with Crippen LogP contribution in [0.5, 0.6) is 0 Å². The van der Waals surface area contributed by atoms with Crippen LogP contribution in [0.2, 0.25) is 0 Å². The van der Waals surface area contributed by atoms with Crippen LogP contribution in [0.4, 0.5) is 4.79 Å². The minimum atomic E-state index is -4.28. The van der Waals surface area contributed by atoms with Crippen LogP contribution in [-0.4, -0.2) is 54.0 Å². The average molecular weight is 302 g/mol. The molecule has 2 heterocycles. The second kappa shape index (κ2) is 4.63. The van der Waals surface area contributed by atoms with Gasteiger partial charge >= 0.3 is 16.4 Å². The summed E-state index contributed by atoms with van der Waals surface area (Å²) in [7, 11) is -4.28. The van der Waals surface area contributed by atoms with Crippen molar-refractivity contribution in [3.63, 3.8) is 0 Å². The molecule has 0 bridgehead atoms. The second-order valence-corrected chi connectivity index (χ2v) is 6.82. The fourth-order valence-corrected chi connectivity index (χ4v) is 4.25. The monoisotopic (exact) mass is 302 g/mol. The van der Waals surface area contributed by atoms with Crippen molar-refractivity contribution in [1.29, 1.82) is 0 Å². The van der Waals surface area contributed by atoms with Gasteiger partial charge in [0.25, 0.3) is 0 Å². The molecule has 1 N–H and O–H groups in total. The molecular formula is C12H18N2O5S. The summed E-state index contributed by atoms with van der Waals surface area (Å²) in [5.74, 6) is 0.0284. The van der Waals surface area contributed by atoms with Crippen LogP contribution in [0.15, 0.2) is 11.3 Å². The summed E-state index contributed by atoms with van der Waals surface area (Å²) in [5, 5.41) is 0. The predicted octanol–water partition coefficient (Wildman–Crippen LogP) is 1.000. The minimum Gasteiger partial charge on any atom is -0.448 e. The molecule has 3 rings (SSSR count). The van der Waals surface area contributed by atoms with E-state index < -0.39 is 22.4 Å². The van der Waals surface area contributed by atoms with Crippen LogP contribution in [0.3, 0.4) is 0 Å². The maximum atomic E-state index is 11.6. The molecular weight excluding hydrogens is 284 g/mol. The Morgan fingerprint density at radius 2 is 2.10 bits per heavy atom. The molecule has 0 aromatic heterocycles. The van der Waals surface area contributed by atoms with E-state index in [9.17, 15) is 17.8 Å². The quantitative estimate of drug-likeness (QED) is 0.786. The lowest BCUT2D eigenvalue weighted by Gasteiger charge is -2.50. The molecule has 1 aliphatic carbocycles. The standard InChI is InChI=1S/C12H18N2O5S/c1-8-10(7-13-5-6-19-12(13)15)14(20(16,17)18)11(8)9-3-2-4-9/h8,10H,2-7H2,1H3,(H,16,17,18). The molecule has 0 aromatic carbocycles. The van der Waals surface area contributed by atoms with Crippen LogP contribution in [0, 0.1) is 5.92 Å². The number of rotatable bonds is 3. The highest BCUT2D eigenvalue weighted by Crippen LogP contribution is 2.45. The van der Waals surface area contributed by atoms with Crippen LogP contribution >= 0.6 is 0 Å². The van der Waals surface area contributed by atoms with E-state index in [1.165, 1.54) is 4.90 Å².